The lowest BCUT2D eigenvalue weighted by atomic mass is 10.2. The van der Waals surface area contributed by atoms with Crippen LogP contribution < -0.4 is 0 Å². The van der Waals surface area contributed by atoms with Gasteiger partial charge in [0.15, 0.2) is 0 Å². The fourth-order valence-corrected chi connectivity index (χ4v) is 0.655. The number of hydrogen-bond acceptors (Lipinski definition) is 0. The molecule has 0 amide bonds. The zero-order chi connectivity index (χ0) is 6.53. The molecular formula is C9H8. The molecule has 0 radical (unpaired) electrons. The largest absolute Gasteiger partial charge is 0.0870 e. The predicted octanol–water partition coefficient (Wildman–Crippen LogP) is 2.37. The van der Waals surface area contributed by atoms with E-state index in [1.807, 2.05) is 37.3 Å². The van der Waals surface area contributed by atoms with Crippen LogP contribution >= 0.6 is 0 Å². The third-order valence-corrected chi connectivity index (χ3v) is 1.04. The van der Waals surface area contributed by atoms with Crippen LogP contribution in [0, 0.1) is 0 Å². The lowest BCUT2D eigenvalue weighted by Crippen LogP contribution is -1.68. The average molecular weight is 116 g/mol. The predicted molar refractivity (Wildman–Crippen MR) is 39.1 cm³/mol. The van der Waals surface area contributed by atoms with E-state index in [4.69, 9.17) is 0 Å². The summed E-state index contributed by atoms with van der Waals surface area (Å²) >= 11 is 0. The molecule has 0 aromatic rings. The van der Waals surface area contributed by atoms with E-state index in [1.165, 1.54) is 5.57 Å². The Kier molecular flexibility index (Phi) is 1.93. The van der Waals surface area contributed by atoms with E-state index < -0.39 is 0 Å². The maximum Gasteiger partial charge on any atom is -0.00426 e. The topological polar surface area (TPSA) is 0 Å². The molecule has 0 N–H and O–H groups in total. The molecule has 0 saturated heterocycles. The van der Waals surface area contributed by atoms with Crippen LogP contribution in [-0.2, 0) is 0 Å². The minimum absolute atomic E-state index is 1.18. The van der Waals surface area contributed by atoms with Gasteiger partial charge in [-0.25, -0.2) is 0 Å². The first-order valence-electron chi connectivity index (χ1n) is 2.94. The molecule has 44 valence electrons. The van der Waals surface area contributed by atoms with E-state index in [0.29, 0.717) is 0 Å². The third kappa shape index (κ3) is 1.62. The summed E-state index contributed by atoms with van der Waals surface area (Å²) in [5, 5.41) is 0. The normalized spacial score (nSPS) is 15.0. The first-order valence-corrected chi connectivity index (χ1v) is 2.94. The molecule has 0 heteroatoms. The second kappa shape index (κ2) is 2.94. The Hall–Kier alpha value is -1.22. The number of rotatable bonds is 1. The van der Waals surface area contributed by atoms with E-state index in [9.17, 15) is 0 Å². The van der Waals surface area contributed by atoms with Gasteiger partial charge in [0.1, 0.15) is 0 Å². The summed E-state index contributed by atoms with van der Waals surface area (Å²) in [7, 11) is 0. The summed E-state index contributed by atoms with van der Waals surface area (Å²) in [4.78, 5) is 0. The van der Waals surface area contributed by atoms with E-state index in [2.05, 4.69) is 11.5 Å². The molecule has 0 heterocycles. The molecule has 0 aromatic heterocycles. The Morgan fingerprint density at radius 3 is 2.89 bits per heavy atom. The van der Waals surface area contributed by atoms with E-state index in [-0.39, 0.29) is 0 Å². The summed E-state index contributed by atoms with van der Waals surface area (Å²) in [6, 6.07) is 0. The summed E-state index contributed by atoms with van der Waals surface area (Å²) in [6.45, 7) is 2.00. The van der Waals surface area contributed by atoms with Crippen LogP contribution in [0.15, 0.2) is 47.4 Å². The minimum Gasteiger partial charge on any atom is -0.0870 e. The molecule has 0 aliphatic heterocycles. The highest BCUT2D eigenvalue weighted by Gasteiger charge is 1.81. The fraction of sp³-hybridized carbons (Fsp3) is 0.111. The number of hydrogen-bond donors (Lipinski definition) is 0. The second-order valence-corrected chi connectivity index (χ2v) is 1.77. The molecule has 0 atom stereocenters. The molecule has 0 spiro atoms. The van der Waals surface area contributed by atoms with Gasteiger partial charge in [-0.3, -0.25) is 0 Å². The van der Waals surface area contributed by atoms with Crippen molar-refractivity contribution in [2.45, 2.75) is 6.92 Å². The first-order chi connectivity index (χ1) is 4.43. The maximum absolute atomic E-state index is 2.87. The Labute approximate surface area is 55.2 Å². The van der Waals surface area contributed by atoms with Gasteiger partial charge in [0.25, 0.3) is 0 Å². The van der Waals surface area contributed by atoms with Gasteiger partial charge in [-0.05, 0) is 30.7 Å². The molecule has 1 rings (SSSR count). The molecule has 0 fully saturated rings. The van der Waals surface area contributed by atoms with Crippen LogP contribution in [0.4, 0.5) is 0 Å². The van der Waals surface area contributed by atoms with Gasteiger partial charge in [0, 0.05) is 0 Å². The minimum atomic E-state index is 1.18. The summed E-state index contributed by atoms with van der Waals surface area (Å²) in [5.41, 5.74) is 6.88. The molecule has 0 saturated carbocycles. The zero-order valence-corrected chi connectivity index (χ0v) is 5.39. The fourth-order valence-electron chi connectivity index (χ4n) is 0.655. The molecular weight excluding hydrogens is 108 g/mol. The van der Waals surface area contributed by atoms with Crippen molar-refractivity contribution in [3.63, 3.8) is 0 Å². The maximum atomic E-state index is 2.87. The SMILES string of the molecule is C/C=C/C1=CC=C=C=C1. The Bertz CT molecular complexity index is 239. The van der Waals surface area contributed by atoms with Gasteiger partial charge in [-0.15, -0.1) is 0 Å². The van der Waals surface area contributed by atoms with Crippen LogP contribution in [0.5, 0.6) is 0 Å². The van der Waals surface area contributed by atoms with E-state index in [1.54, 1.807) is 0 Å². The molecule has 0 nitrogen and oxygen atoms in total. The molecule has 0 unspecified atom stereocenters. The van der Waals surface area contributed by atoms with Crippen LogP contribution in [0.3, 0.4) is 0 Å². The Balaban J connectivity index is 2.80. The van der Waals surface area contributed by atoms with Gasteiger partial charge in [0.05, 0.1) is 0 Å². The van der Waals surface area contributed by atoms with E-state index >= 15 is 0 Å². The van der Waals surface area contributed by atoms with Crippen molar-refractivity contribution in [3.05, 3.63) is 47.4 Å². The van der Waals surface area contributed by atoms with Crippen LogP contribution in [0.25, 0.3) is 0 Å². The van der Waals surface area contributed by atoms with Crippen molar-refractivity contribution < 1.29 is 0 Å². The second-order valence-electron chi connectivity index (χ2n) is 1.77. The van der Waals surface area contributed by atoms with Gasteiger partial charge in [0.2, 0.25) is 0 Å². The van der Waals surface area contributed by atoms with Crippen molar-refractivity contribution in [1.82, 2.24) is 0 Å². The smallest absolute Gasteiger partial charge is 0.00426 e. The van der Waals surface area contributed by atoms with Crippen molar-refractivity contribution in [1.29, 1.82) is 0 Å². The monoisotopic (exact) mass is 116 g/mol. The summed E-state index contributed by atoms with van der Waals surface area (Å²) < 4.78 is 0. The zero-order valence-electron chi connectivity index (χ0n) is 5.39. The third-order valence-electron chi connectivity index (χ3n) is 1.04. The van der Waals surface area contributed by atoms with Crippen molar-refractivity contribution in [3.8, 4) is 0 Å². The van der Waals surface area contributed by atoms with E-state index in [0.717, 1.165) is 0 Å². The summed E-state index contributed by atoms with van der Waals surface area (Å²) in [5.74, 6) is 0. The quantitative estimate of drug-likeness (QED) is 0.461. The van der Waals surface area contributed by atoms with Crippen LogP contribution in [0.1, 0.15) is 6.92 Å². The van der Waals surface area contributed by atoms with Gasteiger partial charge < -0.3 is 0 Å². The summed E-state index contributed by atoms with van der Waals surface area (Å²) in [6.07, 6.45) is 9.79. The Morgan fingerprint density at radius 2 is 2.33 bits per heavy atom. The molecule has 0 aromatic carbocycles. The van der Waals surface area contributed by atoms with Gasteiger partial charge in [-0.2, -0.15) is 0 Å². The van der Waals surface area contributed by atoms with Gasteiger partial charge >= 0.3 is 0 Å². The number of allylic oxidation sites excluding steroid dienone is 6. The molecule has 0 bridgehead atoms. The van der Waals surface area contributed by atoms with Crippen LogP contribution in [-0.4, -0.2) is 0 Å². The highest BCUT2D eigenvalue weighted by molar-refractivity contribution is 5.35. The van der Waals surface area contributed by atoms with Crippen molar-refractivity contribution >= 4 is 0 Å². The molecule has 1 aliphatic rings. The first kappa shape index (κ1) is 5.91. The van der Waals surface area contributed by atoms with Gasteiger partial charge in [-0.1, -0.05) is 23.6 Å². The van der Waals surface area contributed by atoms with Crippen molar-refractivity contribution in [2.75, 3.05) is 0 Å². The molecule has 9 heavy (non-hydrogen) atoms. The molecule has 1 aliphatic carbocycles. The van der Waals surface area contributed by atoms with Crippen LogP contribution in [0.2, 0.25) is 0 Å². The average Bonchev–Trinajstić information content (AvgIpc) is 1.91. The lowest BCUT2D eigenvalue weighted by molar-refractivity contribution is 1.62. The highest BCUT2D eigenvalue weighted by Crippen LogP contribution is 2.00. The van der Waals surface area contributed by atoms with Crippen molar-refractivity contribution in [2.24, 2.45) is 0 Å². The Morgan fingerprint density at radius 1 is 1.44 bits per heavy atom. The lowest BCUT2D eigenvalue weighted by Gasteiger charge is -1.87. The standard InChI is InChI=1S/C9H8/c1-2-6-9-7-4-3-5-8-9/h2,4,6-8H,1H3/b6-2+. The highest BCUT2D eigenvalue weighted by atomic mass is 13.9.